The molecule has 1 N–H and O–H groups in total. The van der Waals surface area contributed by atoms with E-state index in [-0.39, 0.29) is 0 Å². The van der Waals surface area contributed by atoms with Crippen LogP contribution in [0.5, 0.6) is 0 Å². The predicted molar refractivity (Wildman–Crippen MR) is 35.8 cm³/mol. The Kier molecular flexibility index (Phi) is 1.90. The van der Waals surface area contributed by atoms with Crippen LogP contribution >= 0.6 is 0 Å². The van der Waals surface area contributed by atoms with Gasteiger partial charge >= 0.3 is 0 Å². The maximum Gasteiger partial charge on any atom is -0.00206 e. The summed E-state index contributed by atoms with van der Waals surface area (Å²) in [6.45, 7) is 7.11. The van der Waals surface area contributed by atoms with Gasteiger partial charge in [0.25, 0.3) is 0 Å². The zero-order chi connectivity index (χ0) is 5.98. The Bertz CT molecular complexity index is 60.8. The van der Waals surface area contributed by atoms with Gasteiger partial charge in [-0.3, -0.25) is 0 Å². The molecule has 0 aliphatic carbocycles. The highest BCUT2D eigenvalue weighted by molar-refractivity contribution is 4.70. The number of piperidine rings is 1. The van der Waals surface area contributed by atoms with Crippen LogP contribution in [0.2, 0.25) is 0 Å². The molecule has 0 amide bonds. The molecular weight excluding hydrogens is 98.1 g/mol. The van der Waals surface area contributed by atoms with Gasteiger partial charge in [-0.25, -0.2) is 0 Å². The fraction of sp³-hybridized carbons (Fsp3) is 1.00. The van der Waals surface area contributed by atoms with Crippen molar-refractivity contribution >= 4 is 0 Å². The molecule has 1 nitrogen and oxygen atoms in total. The molecule has 0 saturated carbocycles. The molecule has 1 rings (SSSR count). The van der Waals surface area contributed by atoms with Crippen LogP contribution in [0, 0.1) is 11.8 Å². The summed E-state index contributed by atoms with van der Waals surface area (Å²) in [5.41, 5.74) is 0. The van der Waals surface area contributed by atoms with Gasteiger partial charge in [0.2, 0.25) is 0 Å². The molecule has 48 valence electrons. The second kappa shape index (κ2) is 2.49. The zero-order valence-electron chi connectivity index (χ0n) is 5.78. The third-order valence-electron chi connectivity index (χ3n) is 2.21. The summed E-state index contributed by atoms with van der Waals surface area (Å²) >= 11 is 0. The zero-order valence-corrected chi connectivity index (χ0v) is 5.78. The van der Waals surface area contributed by atoms with Gasteiger partial charge in [-0.1, -0.05) is 13.8 Å². The van der Waals surface area contributed by atoms with Crippen LogP contribution in [-0.2, 0) is 0 Å². The minimum Gasteiger partial charge on any atom is -0.316 e. The topological polar surface area (TPSA) is 12.0 Å². The van der Waals surface area contributed by atoms with E-state index in [0.717, 1.165) is 11.8 Å². The molecule has 1 heterocycles. The minimum absolute atomic E-state index is 0.892. The molecule has 0 aromatic carbocycles. The molecule has 0 aromatic rings. The van der Waals surface area contributed by atoms with Crippen molar-refractivity contribution in [1.82, 2.24) is 5.32 Å². The molecule has 8 heavy (non-hydrogen) atoms. The van der Waals surface area contributed by atoms with E-state index in [1.54, 1.807) is 0 Å². The Morgan fingerprint density at radius 2 is 2.00 bits per heavy atom. The van der Waals surface area contributed by atoms with Crippen LogP contribution in [-0.4, -0.2) is 13.1 Å². The van der Waals surface area contributed by atoms with E-state index in [2.05, 4.69) is 19.2 Å². The fourth-order valence-electron chi connectivity index (χ4n) is 1.15. The summed E-state index contributed by atoms with van der Waals surface area (Å²) < 4.78 is 0. The summed E-state index contributed by atoms with van der Waals surface area (Å²) in [6.07, 6.45) is 1.36. The summed E-state index contributed by atoms with van der Waals surface area (Å²) in [6, 6.07) is 0. The maximum atomic E-state index is 3.36. The van der Waals surface area contributed by atoms with Crippen LogP contribution in [0.15, 0.2) is 0 Å². The van der Waals surface area contributed by atoms with E-state index in [1.807, 2.05) is 0 Å². The normalized spacial score (nSPS) is 39.8. The highest BCUT2D eigenvalue weighted by Gasteiger charge is 2.14. The van der Waals surface area contributed by atoms with Crippen molar-refractivity contribution in [3.63, 3.8) is 0 Å². The molecule has 1 fully saturated rings. The second-order valence-corrected chi connectivity index (χ2v) is 2.95. The van der Waals surface area contributed by atoms with E-state index < -0.39 is 0 Å². The van der Waals surface area contributed by atoms with Crippen molar-refractivity contribution in [3.8, 4) is 0 Å². The first-order chi connectivity index (χ1) is 3.80. The molecule has 1 heteroatoms. The van der Waals surface area contributed by atoms with Gasteiger partial charge in [-0.15, -0.1) is 0 Å². The van der Waals surface area contributed by atoms with Crippen LogP contribution in [0.25, 0.3) is 0 Å². The van der Waals surface area contributed by atoms with Crippen molar-refractivity contribution < 1.29 is 0 Å². The van der Waals surface area contributed by atoms with Crippen molar-refractivity contribution in [1.29, 1.82) is 0 Å². The minimum atomic E-state index is 0.892. The Morgan fingerprint density at radius 1 is 1.25 bits per heavy atom. The van der Waals surface area contributed by atoms with Gasteiger partial charge in [-0.05, 0) is 31.3 Å². The van der Waals surface area contributed by atoms with Crippen molar-refractivity contribution in [2.45, 2.75) is 20.3 Å². The van der Waals surface area contributed by atoms with Crippen molar-refractivity contribution in [3.05, 3.63) is 0 Å². The van der Waals surface area contributed by atoms with E-state index in [1.165, 1.54) is 19.5 Å². The highest BCUT2D eigenvalue weighted by Crippen LogP contribution is 2.16. The third-order valence-corrected chi connectivity index (χ3v) is 2.21. The SMILES string of the molecule is CC1CNCC[C@@H]1C. The first-order valence-corrected chi connectivity index (χ1v) is 3.51. The average Bonchev–Trinajstić information content (AvgIpc) is 1.77. The smallest absolute Gasteiger partial charge is 0.00206 e. The van der Waals surface area contributed by atoms with Gasteiger partial charge in [0, 0.05) is 0 Å². The van der Waals surface area contributed by atoms with E-state index in [0.29, 0.717) is 0 Å². The van der Waals surface area contributed by atoms with Gasteiger partial charge in [0.05, 0.1) is 0 Å². The van der Waals surface area contributed by atoms with Gasteiger partial charge < -0.3 is 5.32 Å². The molecule has 0 bridgehead atoms. The molecule has 0 radical (unpaired) electrons. The summed E-state index contributed by atoms with van der Waals surface area (Å²) in [4.78, 5) is 0. The van der Waals surface area contributed by atoms with Crippen LogP contribution in [0.4, 0.5) is 0 Å². The Labute approximate surface area is 51.5 Å². The lowest BCUT2D eigenvalue weighted by atomic mass is 9.90. The molecule has 1 unspecified atom stereocenters. The van der Waals surface area contributed by atoms with Crippen LogP contribution < -0.4 is 5.32 Å². The number of hydrogen-bond acceptors (Lipinski definition) is 1. The summed E-state index contributed by atoms with van der Waals surface area (Å²) in [5, 5.41) is 3.36. The first kappa shape index (κ1) is 6.09. The first-order valence-electron chi connectivity index (χ1n) is 3.51. The van der Waals surface area contributed by atoms with Gasteiger partial charge in [0.15, 0.2) is 0 Å². The molecule has 1 aliphatic rings. The molecular formula is C7H15N. The number of rotatable bonds is 0. The second-order valence-electron chi connectivity index (χ2n) is 2.95. The Balaban J connectivity index is 2.28. The quantitative estimate of drug-likeness (QED) is 0.498. The molecule has 1 aliphatic heterocycles. The molecule has 2 atom stereocenters. The Morgan fingerprint density at radius 3 is 2.38 bits per heavy atom. The van der Waals surface area contributed by atoms with Crippen molar-refractivity contribution in [2.75, 3.05) is 13.1 Å². The third kappa shape index (κ3) is 1.22. The summed E-state index contributed by atoms with van der Waals surface area (Å²) in [5.74, 6) is 1.83. The van der Waals surface area contributed by atoms with Crippen LogP contribution in [0.3, 0.4) is 0 Å². The summed E-state index contributed by atoms with van der Waals surface area (Å²) in [7, 11) is 0. The Hall–Kier alpha value is -0.0400. The largest absolute Gasteiger partial charge is 0.316 e. The lowest BCUT2D eigenvalue weighted by Crippen LogP contribution is -2.33. The lowest BCUT2D eigenvalue weighted by molar-refractivity contribution is 0.295. The van der Waals surface area contributed by atoms with E-state index in [4.69, 9.17) is 0 Å². The average molecular weight is 113 g/mol. The lowest BCUT2D eigenvalue weighted by Gasteiger charge is -2.25. The molecule has 1 saturated heterocycles. The highest BCUT2D eigenvalue weighted by atomic mass is 14.9. The maximum absolute atomic E-state index is 3.36. The van der Waals surface area contributed by atoms with Crippen LogP contribution in [0.1, 0.15) is 20.3 Å². The fourth-order valence-corrected chi connectivity index (χ4v) is 1.15. The van der Waals surface area contributed by atoms with Gasteiger partial charge in [-0.2, -0.15) is 0 Å². The van der Waals surface area contributed by atoms with E-state index in [9.17, 15) is 0 Å². The predicted octanol–water partition coefficient (Wildman–Crippen LogP) is 1.25. The molecule has 0 aromatic heterocycles. The monoisotopic (exact) mass is 113 g/mol. The standard InChI is InChI=1S/C7H15N/c1-6-3-4-8-5-7(6)2/h6-8H,3-5H2,1-2H3/t6-,7?/m0/s1. The number of nitrogens with one attached hydrogen (secondary N) is 1. The number of hydrogen-bond donors (Lipinski definition) is 1. The van der Waals surface area contributed by atoms with Gasteiger partial charge in [0.1, 0.15) is 0 Å². The van der Waals surface area contributed by atoms with E-state index >= 15 is 0 Å². The van der Waals surface area contributed by atoms with Crippen molar-refractivity contribution in [2.24, 2.45) is 11.8 Å². The molecule has 0 spiro atoms.